The number of carbonyl (C=O) groups is 2. The third-order valence-electron chi connectivity index (χ3n) is 5.79. The Morgan fingerprint density at radius 3 is 2.25 bits per heavy atom. The number of allylic oxidation sites excluding steroid dienone is 1. The van der Waals surface area contributed by atoms with Gasteiger partial charge in [0.1, 0.15) is 10.8 Å². The SMILES string of the molecule is COC(=O)C12C=CC3c4nc5ccccc5nc4C1C32C(=O)OC. The second kappa shape index (κ2) is 4.01. The van der Waals surface area contributed by atoms with Crippen molar-refractivity contribution in [2.45, 2.75) is 11.8 Å². The molecule has 4 unspecified atom stereocenters. The molecule has 0 aliphatic heterocycles. The average Bonchev–Trinajstić information content (AvgIpc) is 3.00. The lowest BCUT2D eigenvalue weighted by molar-refractivity contribution is -0.155. The Morgan fingerprint density at radius 1 is 1.00 bits per heavy atom. The van der Waals surface area contributed by atoms with Gasteiger partial charge in [-0.1, -0.05) is 24.3 Å². The standard InChI is InChI=1S/C18H14N2O4/c1-23-15(21)17-8-7-9-12-13(14(17)18(9,17)16(22)24-2)20-11-6-4-3-5-10(11)19-12/h3-9,14H,1-2H3. The molecule has 0 bridgehead atoms. The molecular formula is C18H14N2O4. The fourth-order valence-corrected chi connectivity index (χ4v) is 4.90. The molecule has 0 saturated heterocycles. The molecule has 6 heteroatoms. The normalized spacial score (nSPS) is 33.9. The first-order valence-corrected chi connectivity index (χ1v) is 7.75. The molecule has 1 heterocycles. The number of methoxy groups -OCH3 is 2. The Balaban J connectivity index is 1.79. The minimum Gasteiger partial charge on any atom is -0.469 e. The van der Waals surface area contributed by atoms with Gasteiger partial charge in [0, 0.05) is 11.8 Å². The van der Waals surface area contributed by atoms with Crippen molar-refractivity contribution in [1.29, 1.82) is 0 Å². The molecule has 0 N–H and O–H groups in total. The van der Waals surface area contributed by atoms with Gasteiger partial charge in [0.25, 0.3) is 0 Å². The van der Waals surface area contributed by atoms with E-state index in [1.165, 1.54) is 14.2 Å². The molecule has 120 valence electrons. The van der Waals surface area contributed by atoms with Crippen LogP contribution in [-0.2, 0) is 19.1 Å². The van der Waals surface area contributed by atoms with Gasteiger partial charge in [0.15, 0.2) is 0 Å². The molecule has 5 rings (SSSR count). The zero-order chi connectivity index (χ0) is 16.7. The summed E-state index contributed by atoms with van der Waals surface area (Å²) in [6.45, 7) is 0. The molecule has 0 amide bonds. The quantitative estimate of drug-likeness (QED) is 0.619. The molecule has 6 nitrogen and oxygen atoms in total. The highest BCUT2D eigenvalue weighted by Gasteiger charge is 2.93. The van der Waals surface area contributed by atoms with Gasteiger partial charge in [-0.3, -0.25) is 9.59 Å². The van der Waals surface area contributed by atoms with E-state index in [9.17, 15) is 9.59 Å². The topological polar surface area (TPSA) is 78.4 Å². The van der Waals surface area contributed by atoms with Gasteiger partial charge in [-0.2, -0.15) is 0 Å². The summed E-state index contributed by atoms with van der Waals surface area (Å²) < 4.78 is 10.1. The van der Waals surface area contributed by atoms with E-state index in [1.807, 2.05) is 30.3 Å². The molecule has 3 aliphatic rings. The fraction of sp³-hybridized carbons (Fsp3) is 0.333. The molecule has 4 atom stereocenters. The number of rotatable bonds is 2. The van der Waals surface area contributed by atoms with Crippen molar-refractivity contribution < 1.29 is 19.1 Å². The van der Waals surface area contributed by atoms with E-state index in [0.29, 0.717) is 5.69 Å². The maximum Gasteiger partial charge on any atom is 0.317 e. The van der Waals surface area contributed by atoms with Gasteiger partial charge >= 0.3 is 11.9 Å². The van der Waals surface area contributed by atoms with Crippen LogP contribution in [0.15, 0.2) is 36.4 Å². The number of fused-ring (bicyclic) bond motifs is 5. The summed E-state index contributed by atoms with van der Waals surface area (Å²) in [6.07, 6.45) is 3.67. The predicted molar refractivity (Wildman–Crippen MR) is 83.1 cm³/mol. The summed E-state index contributed by atoms with van der Waals surface area (Å²) in [6, 6.07) is 7.56. The monoisotopic (exact) mass is 322 g/mol. The van der Waals surface area contributed by atoms with Crippen molar-refractivity contribution >= 4 is 23.0 Å². The van der Waals surface area contributed by atoms with Crippen LogP contribution in [0.1, 0.15) is 23.2 Å². The van der Waals surface area contributed by atoms with Crippen LogP contribution in [0.4, 0.5) is 0 Å². The van der Waals surface area contributed by atoms with Gasteiger partial charge in [-0.15, -0.1) is 0 Å². The second-order valence-corrected chi connectivity index (χ2v) is 6.47. The lowest BCUT2D eigenvalue weighted by Crippen LogP contribution is -2.31. The van der Waals surface area contributed by atoms with Crippen molar-refractivity contribution in [3.8, 4) is 0 Å². The number of hydrogen-bond acceptors (Lipinski definition) is 6. The molecule has 3 aliphatic carbocycles. The minimum atomic E-state index is -1.01. The average molecular weight is 322 g/mol. The van der Waals surface area contributed by atoms with Crippen LogP contribution in [-0.4, -0.2) is 36.1 Å². The summed E-state index contributed by atoms with van der Waals surface area (Å²) in [5.74, 6) is -1.50. The molecule has 0 spiro atoms. The zero-order valence-corrected chi connectivity index (χ0v) is 13.1. The summed E-state index contributed by atoms with van der Waals surface area (Å²) in [4.78, 5) is 34.7. The Morgan fingerprint density at radius 2 is 1.62 bits per heavy atom. The highest BCUT2D eigenvalue weighted by Crippen LogP contribution is 2.87. The van der Waals surface area contributed by atoms with Crippen molar-refractivity contribution in [3.63, 3.8) is 0 Å². The minimum absolute atomic E-state index is 0.304. The molecule has 1 aromatic carbocycles. The van der Waals surface area contributed by atoms with Crippen LogP contribution in [0.2, 0.25) is 0 Å². The number of ether oxygens (including phenoxy) is 2. The molecule has 2 aromatic rings. The Labute approximate surface area is 137 Å². The molecule has 1 saturated carbocycles. The first-order valence-electron chi connectivity index (χ1n) is 7.75. The molecule has 0 radical (unpaired) electrons. The zero-order valence-electron chi connectivity index (χ0n) is 13.1. The predicted octanol–water partition coefficient (Wildman–Crippen LogP) is 1.71. The van der Waals surface area contributed by atoms with Gasteiger partial charge < -0.3 is 9.47 Å². The fourth-order valence-electron chi connectivity index (χ4n) is 4.90. The smallest absolute Gasteiger partial charge is 0.317 e. The van der Waals surface area contributed by atoms with Gasteiger partial charge in [-0.25, -0.2) is 9.97 Å². The van der Waals surface area contributed by atoms with Crippen molar-refractivity contribution in [1.82, 2.24) is 9.97 Å². The van der Waals surface area contributed by atoms with E-state index >= 15 is 0 Å². The van der Waals surface area contributed by atoms with Crippen LogP contribution in [0, 0.1) is 10.8 Å². The third kappa shape index (κ3) is 1.13. The van der Waals surface area contributed by atoms with Gasteiger partial charge in [-0.05, 0) is 12.1 Å². The third-order valence-corrected chi connectivity index (χ3v) is 5.79. The second-order valence-electron chi connectivity index (χ2n) is 6.47. The van der Waals surface area contributed by atoms with Crippen LogP contribution >= 0.6 is 0 Å². The number of benzene rings is 1. The lowest BCUT2D eigenvalue weighted by Gasteiger charge is -2.20. The van der Waals surface area contributed by atoms with Crippen LogP contribution in [0.3, 0.4) is 0 Å². The van der Waals surface area contributed by atoms with E-state index in [1.54, 1.807) is 6.08 Å². The first kappa shape index (κ1) is 13.7. The largest absolute Gasteiger partial charge is 0.469 e. The van der Waals surface area contributed by atoms with Gasteiger partial charge in [0.05, 0.1) is 36.6 Å². The number of nitrogens with zero attached hydrogens (tertiary/aromatic N) is 2. The maximum atomic E-state index is 12.7. The van der Waals surface area contributed by atoms with E-state index in [2.05, 4.69) is 0 Å². The molecule has 24 heavy (non-hydrogen) atoms. The summed E-state index contributed by atoms with van der Waals surface area (Å²) in [5.41, 5.74) is 1.000. The Kier molecular flexibility index (Phi) is 2.28. The van der Waals surface area contributed by atoms with Crippen molar-refractivity contribution in [2.24, 2.45) is 10.8 Å². The van der Waals surface area contributed by atoms with E-state index < -0.39 is 22.8 Å². The number of hydrogen-bond donors (Lipinski definition) is 0. The Bertz CT molecular complexity index is 969. The molecular weight excluding hydrogens is 308 g/mol. The summed E-state index contributed by atoms with van der Waals surface area (Å²) in [5, 5.41) is 0. The van der Waals surface area contributed by atoms with Crippen LogP contribution in [0.5, 0.6) is 0 Å². The number of para-hydroxylation sites is 2. The first-order chi connectivity index (χ1) is 11.6. The number of esters is 2. The summed E-state index contributed by atoms with van der Waals surface area (Å²) in [7, 11) is 2.68. The molecule has 1 aromatic heterocycles. The summed E-state index contributed by atoms with van der Waals surface area (Å²) >= 11 is 0. The van der Waals surface area contributed by atoms with E-state index in [0.717, 1.165) is 16.7 Å². The molecule has 1 fully saturated rings. The van der Waals surface area contributed by atoms with E-state index in [4.69, 9.17) is 19.4 Å². The van der Waals surface area contributed by atoms with Crippen molar-refractivity contribution in [2.75, 3.05) is 14.2 Å². The maximum absolute atomic E-state index is 12.7. The highest BCUT2D eigenvalue weighted by atomic mass is 16.5. The van der Waals surface area contributed by atoms with Crippen LogP contribution < -0.4 is 0 Å². The van der Waals surface area contributed by atoms with Gasteiger partial charge in [0.2, 0.25) is 0 Å². The number of aromatic nitrogens is 2. The Hall–Kier alpha value is -2.76. The highest BCUT2D eigenvalue weighted by molar-refractivity contribution is 6.04. The van der Waals surface area contributed by atoms with E-state index in [-0.39, 0.29) is 11.8 Å². The van der Waals surface area contributed by atoms with Crippen molar-refractivity contribution in [3.05, 3.63) is 47.8 Å². The number of carbonyl (C=O) groups excluding carboxylic acids is 2. The lowest BCUT2D eigenvalue weighted by atomic mass is 9.86. The van der Waals surface area contributed by atoms with Crippen LogP contribution in [0.25, 0.3) is 11.0 Å².